The molecule has 25 heavy (non-hydrogen) atoms. The van der Waals surface area contributed by atoms with E-state index in [2.05, 4.69) is 32.2 Å². The van der Waals surface area contributed by atoms with Crippen LogP contribution in [0.1, 0.15) is 44.4 Å². The smallest absolute Gasteiger partial charge is 0.315 e. The first kappa shape index (κ1) is 16.8. The molecule has 0 spiro atoms. The van der Waals surface area contributed by atoms with E-state index in [-0.39, 0.29) is 24.2 Å². The number of nitrogens with zero attached hydrogens (tertiary/aromatic N) is 3. The largest absolute Gasteiger partial charge is 0.370 e. The van der Waals surface area contributed by atoms with Crippen LogP contribution in [-0.2, 0) is 11.3 Å². The number of ether oxygens (including phenoxy) is 1. The summed E-state index contributed by atoms with van der Waals surface area (Å²) >= 11 is 0. The number of aromatic nitrogens is 2. The lowest BCUT2D eigenvalue weighted by molar-refractivity contribution is 0.0920. The molecule has 0 aromatic carbocycles. The summed E-state index contributed by atoms with van der Waals surface area (Å²) < 4.78 is 8.01. The van der Waals surface area contributed by atoms with Crippen molar-refractivity contribution in [3.05, 3.63) is 18.0 Å². The van der Waals surface area contributed by atoms with Crippen molar-refractivity contribution in [3.8, 4) is 0 Å². The van der Waals surface area contributed by atoms with Crippen molar-refractivity contribution in [1.29, 1.82) is 0 Å². The summed E-state index contributed by atoms with van der Waals surface area (Å²) in [6.45, 7) is 6.87. The standard InChI is InChI=1S/C18H29N5O2/c1-2-22-9-6-14(12-22)20-18(24)21-15-7-10-25-17(15)16-5-8-19-23(16)11-13-3-4-13/h5,8,13-15,17H,2-4,6-7,9-12H2,1H3,(H2,20,21,24)/t14?,15-,17-/m1/s1. The molecule has 7 nitrogen and oxygen atoms in total. The van der Waals surface area contributed by atoms with Crippen molar-refractivity contribution in [2.45, 2.75) is 57.3 Å². The van der Waals surface area contributed by atoms with Crippen LogP contribution < -0.4 is 10.6 Å². The Labute approximate surface area is 149 Å². The molecule has 1 aromatic heterocycles. The molecule has 1 aliphatic carbocycles. The Balaban J connectivity index is 1.33. The molecule has 2 N–H and O–H groups in total. The molecule has 2 saturated heterocycles. The quantitative estimate of drug-likeness (QED) is 0.818. The van der Waals surface area contributed by atoms with Gasteiger partial charge >= 0.3 is 6.03 Å². The van der Waals surface area contributed by atoms with Gasteiger partial charge in [-0.25, -0.2) is 4.79 Å². The minimum Gasteiger partial charge on any atom is -0.370 e. The monoisotopic (exact) mass is 347 g/mol. The highest BCUT2D eigenvalue weighted by Gasteiger charge is 2.35. The van der Waals surface area contributed by atoms with Gasteiger partial charge in [0.05, 0.1) is 11.7 Å². The number of urea groups is 1. The number of rotatable bonds is 6. The van der Waals surface area contributed by atoms with Crippen LogP contribution in [0.3, 0.4) is 0 Å². The number of carbonyl (C=O) groups excluding carboxylic acids is 1. The molecule has 1 unspecified atom stereocenters. The van der Waals surface area contributed by atoms with E-state index in [0.29, 0.717) is 6.61 Å². The zero-order valence-electron chi connectivity index (χ0n) is 15.0. The minimum atomic E-state index is -0.0947. The van der Waals surface area contributed by atoms with E-state index in [1.54, 1.807) is 0 Å². The second kappa shape index (κ2) is 7.33. The van der Waals surface area contributed by atoms with Crippen LogP contribution in [0.25, 0.3) is 0 Å². The van der Waals surface area contributed by atoms with Crippen molar-refractivity contribution in [1.82, 2.24) is 25.3 Å². The summed E-state index contributed by atoms with van der Waals surface area (Å²) in [5, 5.41) is 10.7. The van der Waals surface area contributed by atoms with Crippen molar-refractivity contribution in [2.75, 3.05) is 26.2 Å². The third kappa shape index (κ3) is 3.98. The van der Waals surface area contributed by atoms with Gasteiger partial charge in [-0.15, -0.1) is 0 Å². The van der Waals surface area contributed by atoms with Gasteiger partial charge in [0.1, 0.15) is 6.10 Å². The van der Waals surface area contributed by atoms with E-state index in [9.17, 15) is 4.79 Å². The molecule has 3 aliphatic rings. The van der Waals surface area contributed by atoms with Gasteiger partial charge in [-0.2, -0.15) is 5.10 Å². The Kier molecular flexibility index (Phi) is 4.94. The Morgan fingerprint density at radius 3 is 2.96 bits per heavy atom. The molecule has 1 aromatic rings. The average molecular weight is 347 g/mol. The van der Waals surface area contributed by atoms with Crippen LogP contribution in [0.4, 0.5) is 4.79 Å². The zero-order chi connectivity index (χ0) is 17.2. The molecule has 3 fully saturated rings. The third-order valence-corrected chi connectivity index (χ3v) is 5.63. The first-order chi connectivity index (χ1) is 12.2. The van der Waals surface area contributed by atoms with Crippen LogP contribution >= 0.6 is 0 Å². The molecule has 0 radical (unpaired) electrons. The summed E-state index contributed by atoms with van der Waals surface area (Å²) in [6, 6.07) is 2.22. The van der Waals surface area contributed by atoms with Crippen LogP contribution in [-0.4, -0.2) is 59.0 Å². The second-order valence-electron chi connectivity index (χ2n) is 7.56. The fourth-order valence-electron chi connectivity index (χ4n) is 3.94. The van der Waals surface area contributed by atoms with Crippen LogP contribution in [0.5, 0.6) is 0 Å². The topological polar surface area (TPSA) is 71.4 Å². The molecule has 3 heterocycles. The Hall–Kier alpha value is -1.60. The molecule has 2 aliphatic heterocycles. The number of carbonyl (C=O) groups is 1. The van der Waals surface area contributed by atoms with Gasteiger partial charge in [-0.1, -0.05) is 6.92 Å². The molecule has 7 heteroatoms. The number of hydrogen-bond donors (Lipinski definition) is 2. The predicted molar refractivity (Wildman–Crippen MR) is 94.2 cm³/mol. The summed E-state index contributed by atoms with van der Waals surface area (Å²) in [7, 11) is 0. The summed E-state index contributed by atoms with van der Waals surface area (Å²) in [5.74, 6) is 0.763. The minimum absolute atomic E-state index is 0.0123. The lowest BCUT2D eigenvalue weighted by atomic mass is 10.1. The van der Waals surface area contributed by atoms with Gasteiger partial charge in [0, 0.05) is 38.5 Å². The van der Waals surface area contributed by atoms with Gasteiger partial charge in [-0.05, 0) is 44.2 Å². The van der Waals surface area contributed by atoms with Crippen LogP contribution in [0.2, 0.25) is 0 Å². The first-order valence-electron chi connectivity index (χ1n) is 9.65. The lowest BCUT2D eigenvalue weighted by Gasteiger charge is -2.22. The van der Waals surface area contributed by atoms with Gasteiger partial charge < -0.3 is 20.3 Å². The van der Waals surface area contributed by atoms with Crippen LogP contribution in [0, 0.1) is 5.92 Å². The fourth-order valence-corrected chi connectivity index (χ4v) is 3.94. The highest BCUT2D eigenvalue weighted by molar-refractivity contribution is 5.74. The lowest BCUT2D eigenvalue weighted by Crippen LogP contribution is -2.48. The van der Waals surface area contributed by atoms with E-state index < -0.39 is 0 Å². The number of likely N-dealkylation sites (tertiary alicyclic amines) is 1. The normalized spacial score (nSPS) is 29.9. The number of likely N-dealkylation sites (N-methyl/N-ethyl adjacent to an activating group) is 1. The summed E-state index contributed by atoms with van der Waals surface area (Å²) in [6.07, 6.45) is 6.21. The summed E-state index contributed by atoms with van der Waals surface area (Å²) in [4.78, 5) is 14.8. The number of hydrogen-bond acceptors (Lipinski definition) is 4. The van der Waals surface area contributed by atoms with Gasteiger partial charge in [0.15, 0.2) is 0 Å². The average Bonchev–Trinajstić information content (AvgIpc) is 2.99. The molecule has 138 valence electrons. The SMILES string of the molecule is CCN1CCC(NC(=O)N[C@@H]2CCO[C@H]2c2ccnn2CC2CC2)C1. The summed E-state index contributed by atoms with van der Waals surface area (Å²) in [5.41, 5.74) is 1.09. The Bertz CT molecular complexity index is 600. The molecule has 1 saturated carbocycles. The molecule has 2 amide bonds. The van der Waals surface area contributed by atoms with Gasteiger partial charge in [0.2, 0.25) is 0 Å². The van der Waals surface area contributed by atoms with Crippen molar-refractivity contribution < 1.29 is 9.53 Å². The van der Waals surface area contributed by atoms with E-state index in [0.717, 1.165) is 50.6 Å². The van der Waals surface area contributed by atoms with Crippen molar-refractivity contribution in [3.63, 3.8) is 0 Å². The predicted octanol–water partition coefficient (Wildman–Crippen LogP) is 1.52. The van der Waals surface area contributed by atoms with E-state index >= 15 is 0 Å². The van der Waals surface area contributed by atoms with E-state index in [1.165, 1.54) is 12.8 Å². The molecule has 4 rings (SSSR count). The maximum Gasteiger partial charge on any atom is 0.315 e. The van der Waals surface area contributed by atoms with Crippen molar-refractivity contribution >= 4 is 6.03 Å². The van der Waals surface area contributed by atoms with E-state index in [4.69, 9.17) is 4.74 Å². The maximum absolute atomic E-state index is 12.4. The van der Waals surface area contributed by atoms with Crippen molar-refractivity contribution in [2.24, 2.45) is 5.92 Å². The Morgan fingerprint density at radius 2 is 2.20 bits per heavy atom. The highest BCUT2D eigenvalue weighted by atomic mass is 16.5. The number of nitrogens with one attached hydrogen (secondary N) is 2. The number of amides is 2. The molecular weight excluding hydrogens is 318 g/mol. The first-order valence-corrected chi connectivity index (χ1v) is 9.65. The van der Waals surface area contributed by atoms with E-state index in [1.807, 2.05) is 12.3 Å². The molecule has 0 bridgehead atoms. The van der Waals surface area contributed by atoms with Gasteiger partial charge in [0.25, 0.3) is 0 Å². The highest BCUT2D eigenvalue weighted by Crippen LogP contribution is 2.34. The molecule has 3 atom stereocenters. The Morgan fingerprint density at radius 1 is 1.32 bits per heavy atom. The van der Waals surface area contributed by atoms with Crippen LogP contribution in [0.15, 0.2) is 12.3 Å². The second-order valence-corrected chi connectivity index (χ2v) is 7.56. The van der Waals surface area contributed by atoms with Gasteiger partial charge in [-0.3, -0.25) is 4.68 Å². The fraction of sp³-hybridized carbons (Fsp3) is 0.778. The zero-order valence-corrected chi connectivity index (χ0v) is 15.0. The molecular formula is C18H29N5O2. The maximum atomic E-state index is 12.4. The third-order valence-electron chi connectivity index (χ3n) is 5.63.